The molecule has 144 valence electrons. The number of ether oxygens (including phenoxy) is 1. The molecule has 0 saturated carbocycles. The highest BCUT2D eigenvalue weighted by molar-refractivity contribution is 9.10. The minimum Gasteiger partial charge on any atom is -0.406 e. The van der Waals surface area contributed by atoms with Gasteiger partial charge in [0.05, 0.1) is 5.56 Å². The van der Waals surface area contributed by atoms with Crippen LogP contribution in [0.3, 0.4) is 0 Å². The Bertz CT molecular complexity index is 961. The second kappa shape index (κ2) is 8.30. The number of benzene rings is 2. The van der Waals surface area contributed by atoms with Gasteiger partial charge in [0.15, 0.2) is 0 Å². The van der Waals surface area contributed by atoms with Gasteiger partial charge in [-0.15, -0.1) is 13.2 Å². The second-order valence-corrected chi connectivity index (χ2v) is 6.47. The Kier molecular flexibility index (Phi) is 5.84. The number of aromatic nitrogens is 1. The fourth-order valence-corrected chi connectivity index (χ4v) is 2.56. The number of hydrogen-bond donors (Lipinski definition) is 2. The maximum absolute atomic E-state index is 12.6. The van der Waals surface area contributed by atoms with Gasteiger partial charge in [0, 0.05) is 22.0 Å². The van der Waals surface area contributed by atoms with Gasteiger partial charge in [-0.1, -0.05) is 15.9 Å². The molecule has 0 spiro atoms. The van der Waals surface area contributed by atoms with E-state index in [1.54, 1.807) is 18.3 Å². The van der Waals surface area contributed by atoms with E-state index in [1.807, 2.05) is 24.3 Å². The summed E-state index contributed by atoms with van der Waals surface area (Å²) in [6, 6.07) is 15.4. The number of pyridine rings is 1. The van der Waals surface area contributed by atoms with Gasteiger partial charge in [-0.2, -0.15) is 0 Å². The van der Waals surface area contributed by atoms with Crippen LogP contribution in [0, 0.1) is 0 Å². The van der Waals surface area contributed by atoms with E-state index < -0.39 is 12.3 Å². The summed E-state index contributed by atoms with van der Waals surface area (Å²) in [5, 5.41) is 5.68. The van der Waals surface area contributed by atoms with Crippen LogP contribution in [0.4, 0.5) is 30.4 Å². The Balaban J connectivity index is 1.73. The SMILES string of the molecule is O=C(Nc1ccc(OC(F)(F)F)cc1)c1cccnc1Nc1ccc(Br)cc1. The third-order valence-corrected chi connectivity index (χ3v) is 4.03. The first kappa shape index (κ1) is 19.7. The minimum atomic E-state index is -4.77. The van der Waals surface area contributed by atoms with Crippen molar-refractivity contribution in [3.8, 4) is 5.75 Å². The Hall–Kier alpha value is -3.07. The van der Waals surface area contributed by atoms with Crippen LogP contribution in [0.2, 0.25) is 0 Å². The minimum absolute atomic E-state index is 0.279. The molecule has 1 amide bonds. The molecule has 1 heterocycles. The van der Waals surface area contributed by atoms with E-state index in [-0.39, 0.29) is 11.3 Å². The molecule has 0 aliphatic rings. The molecule has 28 heavy (non-hydrogen) atoms. The standard InChI is InChI=1S/C19H13BrF3N3O2/c20-12-3-5-13(6-4-12)25-17-16(2-1-11-24-17)18(27)26-14-7-9-15(10-8-14)28-19(21,22)23/h1-11H,(H,24,25)(H,26,27). The molecule has 2 N–H and O–H groups in total. The zero-order valence-electron chi connectivity index (χ0n) is 14.1. The lowest BCUT2D eigenvalue weighted by atomic mass is 10.2. The highest BCUT2D eigenvalue weighted by Crippen LogP contribution is 2.25. The van der Waals surface area contributed by atoms with E-state index in [0.29, 0.717) is 11.5 Å². The van der Waals surface area contributed by atoms with Crippen LogP contribution in [0.1, 0.15) is 10.4 Å². The number of nitrogens with one attached hydrogen (secondary N) is 2. The largest absolute Gasteiger partial charge is 0.573 e. The van der Waals surface area contributed by atoms with Crippen molar-refractivity contribution in [2.45, 2.75) is 6.36 Å². The Labute approximate surface area is 166 Å². The summed E-state index contributed by atoms with van der Waals surface area (Å²) in [4.78, 5) is 16.8. The molecule has 0 aliphatic carbocycles. The number of alkyl halides is 3. The maximum atomic E-state index is 12.6. The predicted octanol–water partition coefficient (Wildman–Crippen LogP) is 5.74. The molecular weight excluding hydrogens is 439 g/mol. The molecule has 2 aromatic carbocycles. The fraction of sp³-hybridized carbons (Fsp3) is 0.0526. The molecule has 9 heteroatoms. The van der Waals surface area contributed by atoms with Crippen LogP contribution in [-0.4, -0.2) is 17.3 Å². The first-order valence-corrected chi connectivity index (χ1v) is 8.74. The van der Waals surface area contributed by atoms with Crippen molar-refractivity contribution in [3.63, 3.8) is 0 Å². The summed E-state index contributed by atoms with van der Waals surface area (Å²) < 4.78 is 41.3. The van der Waals surface area contributed by atoms with Gasteiger partial charge in [0.2, 0.25) is 0 Å². The van der Waals surface area contributed by atoms with Gasteiger partial charge < -0.3 is 15.4 Å². The molecule has 5 nitrogen and oxygen atoms in total. The first-order valence-electron chi connectivity index (χ1n) is 7.95. The van der Waals surface area contributed by atoms with Crippen LogP contribution in [0.5, 0.6) is 5.75 Å². The summed E-state index contributed by atoms with van der Waals surface area (Å²) in [7, 11) is 0. The molecule has 3 rings (SSSR count). The molecule has 0 aliphatic heterocycles. The van der Waals surface area contributed by atoms with Crippen molar-refractivity contribution in [2.24, 2.45) is 0 Å². The summed E-state index contributed by atoms with van der Waals surface area (Å²) in [5.74, 6) is -0.485. The topological polar surface area (TPSA) is 63.2 Å². The molecule has 0 unspecified atom stereocenters. The molecule has 1 aromatic heterocycles. The lowest BCUT2D eigenvalue weighted by molar-refractivity contribution is -0.274. The zero-order chi connectivity index (χ0) is 20.1. The van der Waals surface area contributed by atoms with E-state index in [9.17, 15) is 18.0 Å². The summed E-state index contributed by atoms with van der Waals surface area (Å²) in [6.07, 6.45) is -3.23. The number of rotatable bonds is 5. The second-order valence-electron chi connectivity index (χ2n) is 5.56. The molecule has 0 saturated heterocycles. The lowest BCUT2D eigenvalue weighted by Gasteiger charge is -2.12. The molecule has 0 fully saturated rings. The van der Waals surface area contributed by atoms with Crippen LogP contribution < -0.4 is 15.4 Å². The molecule has 3 aromatic rings. The van der Waals surface area contributed by atoms with Crippen LogP contribution in [0.15, 0.2) is 71.3 Å². The highest BCUT2D eigenvalue weighted by atomic mass is 79.9. The maximum Gasteiger partial charge on any atom is 0.573 e. The van der Waals surface area contributed by atoms with Crippen molar-refractivity contribution in [1.29, 1.82) is 0 Å². The third kappa shape index (κ3) is 5.46. The highest BCUT2D eigenvalue weighted by Gasteiger charge is 2.31. The third-order valence-electron chi connectivity index (χ3n) is 3.51. The first-order chi connectivity index (χ1) is 13.3. The molecule has 0 atom stereocenters. The van der Waals surface area contributed by atoms with Gasteiger partial charge in [0.25, 0.3) is 5.91 Å². The van der Waals surface area contributed by atoms with Gasteiger partial charge >= 0.3 is 6.36 Å². The van der Waals surface area contributed by atoms with Crippen LogP contribution >= 0.6 is 15.9 Å². The average molecular weight is 452 g/mol. The normalized spacial score (nSPS) is 11.0. The molecule has 0 radical (unpaired) electrons. The Morgan fingerprint density at radius 3 is 2.25 bits per heavy atom. The number of hydrogen-bond acceptors (Lipinski definition) is 4. The fourth-order valence-electron chi connectivity index (χ4n) is 2.30. The Morgan fingerprint density at radius 1 is 0.964 bits per heavy atom. The van der Waals surface area contributed by atoms with Gasteiger partial charge in [0.1, 0.15) is 11.6 Å². The number of nitrogens with zero attached hydrogens (tertiary/aromatic N) is 1. The number of anilines is 3. The van der Waals surface area contributed by atoms with E-state index in [1.165, 1.54) is 12.1 Å². The summed E-state index contributed by atoms with van der Waals surface area (Å²) in [6.45, 7) is 0. The van der Waals surface area contributed by atoms with Crippen molar-refractivity contribution in [2.75, 3.05) is 10.6 Å². The smallest absolute Gasteiger partial charge is 0.406 e. The summed E-state index contributed by atoms with van der Waals surface area (Å²) in [5.41, 5.74) is 1.34. The number of amides is 1. The van der Waals surface area contributed by atoms with Gasteiger partial charge in [-0.3, -0.25) is 4.79 Å². The van der Waals surface area contributed by atoms with Gasteiger partial charge in [-0.25, -0.2) is 4.98 Å². The zero-order valence-corrected chi connectivity index (χ0v) is 15.7. The van der Waals surface area contributed by atoms with E-state index in [4.69, 9.17) is 0 Å². The van der Waals surface area contributed by atoms with Crippen molar-refractivity contribution >= 4 is 39.0 Å². The van der Waals surface area contributed by atoms with Crippen molar-refractivity contribution < 1.29 is 22.7 Å². The quantitative estimate of drug-likeness (QED) is 0.519. The molecule has 0 bridgehead atoms. The monoisotopic (exact) mass is 451 g/mol. The van der Waals surface area contributed by atoms with Crippen molar-refractivity contribution in [3.05, 3.63) is 76.9 Å². The van der Waals surface area contributed by atoms with E-state index in [2.05, 4.69) is 36.3 Å². The lowest BCUT2D eigenvalue weighted by Crippen LogP contribution is -2.17. The number of carbonyl (C=O) groups excluding carboxylic acids is 1. The summed E-state index contributed by atoms with van der Waals surface area (Å²) >= 11 is 3.35. The average Bonchev–Trinajstić information content (AvgIpc) is 2.64. The number of halogens is 4. The number of carbonyl (C=O) groups is 1. The van der Waals surface area contributed by atoms with Crippen molar-refractivity contribution in [1.82, 2.24) is 4.98 Å². The predicted molar refractivity (Wildman–Crippen MR) is 103 cm³/mol. The van der Waals surface area contributed by atoms with E-state index >= 15 is 0 Å². The Morgan fingerprint density at radius 2 is 1.61 bits per heavy atom. The van der Waals surface area contributed by atoms with Gasteiger partial charge in [-0.05, 0) is 60.7 Å². The van der Waals surface area contributed by atoms with Crippen LogP contribution in [-0.2, 0) is 0 Å². The van der Waals surface area contributed by atoms with E-state index in [0.717, 1.165) is 22.3 Å². The van der Waals surface area contributed by atoms with Crippen LogP contribution in [0.25, 0.3) is 0 Å². The molecular formula is C19H13BrF3N3O2.